The maximum absolute atomic E-state index is 12.3. The number of nitrogens with one attached hydrogen (secondary N) is 2. The molecular weight excluding hydrogens is 366 g/mol. The average molecular weight is 389 g/mol. The van der Waals surface area contributed by atoms with Gasteiger partial charge >= 0.3 is 0 Å². The van der Waals surface area contributed by atoms with Gasteiger partial charge in [-0.15, -0.1) is 10.2 Å². The predicted octanol–water partition coefficient (Wildman–Crippen LogP) is 1.84. The fourth-order valence-electron chi connectivity index (χ4n) is 2.79. The van der Waals surface area contributed by atoms with Gasteiger partial charge in [-0.3, -0.25) is 9.59 Å². The van der Waals surface area contributed by atoms with E-state index in [2.05, 4.69) is 20.8 Å². The van der Waals surface area contributed by atoms with Gasteiger partial charge in [0.05, 0.1) is 11.9 Å². The van der Waals surface area contributed by atoms with E-state index in [4.69, 9.17) is 4.74 Å². The summed E-state index contributed by atoms with van der Waals surface area (Å²) >= 11 is 1.30. The topological polar surface area (TPSA) is 98.1 Å². The minimum absolute atomic E-state index is 0.155. The molecule has 144 valence electrons. The van der Waals surface area contributed by atoms with Gasteiger partial charge in [0.1, 0.15) is 6.33 Å². The van der Waals surface area contributed by atoms with Gasteiger partial charge in [-0.2, -0.15) is 0 Å². The van der Waals surface area contributed by atoms with Crippen LogP contribution in [-0.2, 0) is 16.6 Å². The van der Waals surface area contributed by atoms with Gasteiger partial charge in [0.25, 0.3) is 5.91 Å². The molecule has 0 spiro atoms. The summed E-state index contributed by atoms with van der Waals surface area (Å²) in [5.41, 5.74) is 1.10. The lowest BCUT2D eigenvalue weighted by Gasteiger charge is -2.11. The Morgan fingerprint density at radius 3 is 3.04 bits per heavy atom. The normalized spacial score (nSPS) is 16.3. The van der Waals surface area contributed by atoms with E-state index < -0.39 is 0 Å². The van der Waals surface area contributed by atoms with Crippen LogP contribution < -0.4 is 10.6 Å². The number of anilines is 1. The Morgan fingerprint density at radius 2 is 2.30 bits per heavy atom. The van der Waals surface area contributed by atoms with E-state index >= 15 is 0 Å². The number of carbonyl (C=O) groups excluding carboxylic acids is 2. The number of aromatic nitrogens is 3. The Morgan fingerprint density at radius 1 is 1.41 bits per heavy atom. The van der Waals surface area contributed by atoms with Crippen molar-refractivity contribution >= 4 is 29.3 Å². The molecule has 2 heterocycles. The van der Waals surface area contributed by atoms with E-state index in [1.165, 1.54) is 11.8 Å². The fourth-order valence-corrected chi connectivity index (χ4v) is 3.48. The van der Waals surface area contributed by atoms with E-state index in [9.17, 15) is 9.59 Å². The minimum atomic E-state index is -0.168. The molecule has 1 aromatic heterocycles. The summed E-state index contributed by atoms with van der Waals surface area (Å²) < 4.78 is 7.30. The molecule has 1 saturated heterocycles. The third kappa shape index (κ3) is 5.80. The monoisotopic (exact) mass is 389 g/mol. The average Bonchev–Trinajstić information content (AvgIpc) is 3.32. The number of rotatable bonds is 8. The molecule has 0 bridgehead atoms. The summed E-state index contributed by atoms with van der Waals surface area (Å²) in [6.45, 7) is 1.39. The molecule has 0 aliphatic carbocycles. The first kappa shape index (κ1) is 19.4. The van der Waals surface area contributed by atoms with Crippen LogP contribution >= 0.6 is 11.8 Å². The molecule has 27 heavy (non-hydrogen) atoms. The summed E-state index contributed by atoms with van der Waals surface area (Å²) in [6, 6.07) is 6.91. The molecule has 2 amide bonds. The molecule has 0 saturated carbocycles. The van der Waals surface area contributed by atoms with Crippen molar-refractivity contribution in [2.75, 3.05) is 24.2 Å². The van der Waals surface area contributed by atoms with Crippen molar-refractivity contribution in [2.24, 2.45) is 7.05 Å². The molecule has 1 aromatic carbocycles. The lowest BCUT2D eigenvalue weighted by Crippen LogP contribution is -2.27. The number of hydrogen-bond acceptors (Lipinski definition) is 6. The molecule has 0 radical (unpaired) electrons. The van der Waals surface area contributed by atoms with E-state index in [0.29, 0.717) is 23.0 Å². The molecule has 1 atom stereocenters. The Balaban J connectivity index is 1.46. The number of hydrogen-bond donors (Lipinski definition) is 2. The molecule has 8 nitrogen and oxygen atoms in total. The number of carbonyl (C=O) groups is 2. The van der Waals surface area contributed by atoms with E-state index in [0.717, 1.165) is 25.9 Å². The Hall–Kier alpha value is -2.39. The molecule has 2 N–H and O–H groups in total. The summed E-state index contributed by atoms with van der Waals surface area (Å²) in [4.78, 5) is 24.4. The lowest BCUT2D eigenvalue weighted by molar-refractivity contribution is -0.113. The van der Waals surface area contributed by atoms with Gasteiger partial charge in [0, 0.05) is 31.5 Å². The van der Waals surface area contributed by atoms with Gasteiger partial charge < -0.3 is 19.9 Å². The van der Waals surface area contributed by atoms with E-state index in [1.54, 1.807) is 35.2 Å². The van der Waals surface area contributed by atoms with Gasteiger partial charge in [-0.05, 0) is 37.5 Å². The number of ether oxygens (including phenoxy) is 1. The molecule has 1 unspecified atom stereocenters. The van der Waals surface area contributed by atoms with E-state index in [1.807, 2.05) is 7.05 Å². The Bertz CT molecular complexity index is 789. The lowest BCUT2D eigenvalue weighted by atomic mass is 10.1. The highest BCUT2D eigenvalue weighted by Crippen LogP contribution is 2.16. The van der Waals surface area contributed by atoms with Gasteiger partial charge in [0.15, 0.2) is 5.16 Å². The number of nitrogens with zero attached hydrogens (tertiary/aromatic N) is 3. The van der Waals surface area contributed by atoms with Crippen LogP contribution in [0.5, 0.6) is 0 Å². The van der Waals surface area contributed by atoms with Crippen LogP contribution in [0.2, 0.25) is 0 Å². The highest BCUT2D eigenvalue weighted by molar-refractivity contribution is 7.99. The van der Waals surface area contributed by atoms with Crippen LogP contribution in [0.1, 0.15) is 29.6 Å². The maximum Gasteiger partial charge on any atom is 0.251 e. The second-order valence-electron chi connectivity index (χ2n) is 6.32. The first-order chi connectivity index (χ1) is 13.1. The highest BCUT2D eigenvalue weighted by Gasteiger charge is 2.15. The molecular formula is C18H23N5O3S. The summed E-state index contributed by atoms with van der Waals surface area (Å²) in [6.07, 6.45) is 4.81. The predicted molar refractivity (Wildman–Crippen MR) is 103 cm³/mol. The van der Waals surface area contributed by atoms with Crippen molar-refractivity contribution in [1.29, 1.82) is 0 Å². The zero-order chi connectivity index (χ0) is 19.1. The number of thioether (sulfide) groups is 1. The van der Waals surface area contributed by atoms with Crippen LogP contribution in [0.15, 0.2) is 35.7 Å². The van der Waals surface area contributed by atoms with Crippen molar-refractivity contribution in [3.63, 3.8) is 0 Å². The van der Waals surface area contributed by atoms with Crippen molar-refractivity contribution in [1.82, 2.24) is 20.1 Å². The highest BCUT2D eigenvalue weighted by atomic mass is 32.2. The number of aryl methyl sites for hydroxylation is 1. The van der Waals surface area contributed by atoms with Crippen LogP contribution in [0.4, 0.5) is 5.69 Å². The zero-order valence-corrected chi connectivity index (χ0v) is 16.0. The van der Waals surface area contributed by atoms with E-state index in [-0.39, 0.29) is 23.7 Å². The van der Waals surface area contributed by atoms with Crippen LogP contribution in [0.25, 0.3) is 0 Å². The molecule has 1 aliphatic rings. The summed E-state index contributed by atoms with van der Waals surface area (Å²) in [5, 5.41) is 14.1. The maximum atomic E-state index is 12.3. The minimum Gasteiger partial charge on any atom is -0.378 e. The van der Waals surface area contributed by atoms with Gasteiger partial charge in [0.2, 0.25) is 5.91 Å². The zero-order valence-electron chi connectivity index (χ0n) is 15.2. The van der Waals surface area contributed by atoms with Crippen LogP contribution in [-0.4, -0.2) is 51.6 Å². The van der Waals surface area contributed by atoms with Crippen molar-refractivity contribution in [3.05, 3.63) is 36.2 Å². The molecule has 9 heteroatoms. The number of amides is 2. The quantitative estimate of drug-likeness (QED) is 0.669. The van der Waals surface area contributed by atoms with Crippen molar-refractivity contribution in [2.45, 2.75) is 30.5 Å². The third-order valence-electron chi connectivity index (χ3n) is 4.19. The van der Waals surface area contributed by atoms with Crippen LogP contribution in [0, 0.1) is 0 Å². The summed E-state index contributed by atoms with van der Waals surface area (Å²) in [7, 11) is 1.82. The second-order valence-corrected chi connectivity index (χ2v) is 7.26. The Kier molecular flexibility index (Phi) is 6.83. The number of benzene rings is 1. The molecule has 2 aromatic rings. The molecule has 1 aliphatic heterocycles. The molecule has 3 rings (SSSR count). The largest absolute Gasteiger partial charge is 0.378 e. The van der Waals surface area contributed by atoms with Crippen molar-refractivity contribution in [3.8, 4) is 0 Å². The van der Waals surface area contributed by atoms with Gasteiger partial charge in [-0.1, -0.05) is 17.8 Å². The van der Waals surface area contributed by atoms with Crippen molar-refractivity contribution < 1.29 is 14.3 Å². The standard InChI is InChI=1S/C18H23N5O3S/c1-23-12-20-22-18(23)27-11-16(24)21-14-5-2-4-13(10-14)17(25)19-8-7-15-6-3-9-26-15/h2,4-5,10,12,15H,3,6-9,11H2,1H3,(H,19,25)(H,21,24). The SMILES string of the molecule is Cn1cnnc1SCC(=O)Nc1cccc(C(=O)NCCC2CCCO2)c1. The fraction of sp³-hybridized carbons (Fsp3) is 0.444. The van der Waals surface area contributed by atoms with Gasteiger partial charge in [-0.25, -0.2) is 0 Å². The Labute approximate surface area is 162 Å². The summed E-state index contributed by atoms with van der Waals surface area (Å²) in [5.74, 6) is -0.110. The third-order valence-corrected chi connectivity index (χ3v) is 5.22. The first-order valence-electron chi connectivity index (χ1n) is 8.88. The molecule has 1 fully saturated rings. The smallest absolute Gasteiger partial charge is 0.251 e. The second kappa shape index (κ2) is 9.52. The first-order valence-corrected chi connectivity index (χ1v) is 9.87. The van der Waals surface area contributed by atoms with Crippen LogP contribution in [0.3, 0.4) is 0 Å².